The molecular weight excluding hydrogens is 448 g/mol. The number of para-hydroxylation sites is 1. The second-order valence-electron chi connectivity index (χ2n) is 9.65. The maximum Gasteiger partial charge on any atom is 0.163 e. The number of carbonyl (C=O) groups excluding carboxylic acids is 1. The zero-order chi connectivity index (χ0) is 23.9. The van der Waals surface area contributed by atoms with Crippen molar-refractivity contribution in [3.05, 3.63) is 88.2 Å². The maximum atomic E-state index is 13.4. The second kappa shape index (κ2) is 8.69. The largest absolute Gasteiger partial charge is 0.506 e. The Morgan fingerprint density at radius 3 is 2.65 bits per heavy atom. The van der Waals surface area contributed by atoms with Crippen molar-refractivity contribution < 1.29 is 9.90 Å². The van der Waals surface area contributed by atoms with Crippen molar-refractivity contribution in [2.24, 2.45) is 5.41 Å². The monoisotopic (exact) mass is 474 g/mol. The van der Waals surface area contributed by atoms with Gasteiger partial charge in [-0.2, -0.15) is 0 Å². The molecule has 1 aliphatic carbocycles. The van der Waals surface area contributed by atoms with E-state index in [9.17, 15) is 9.90 Å². The van der Waals surface area contributed by atoms with Crippen molar-refractivity contribution in [2.45, 2.75) is 39.3 Å². The van der Waals surface area contributed by atoms with Crippen LogP contribution in [0.15, 0.2) is 71.9 Å². The van der Waals surface area contributed by atoms with Crippen LogP contribution in [0.5, 0.6) is 5.75 Å². The summed E-state index contributed by atoms with van der Waals surface area (Å²) in [6.45, 7) is 4.79. The Kier molecular flexibility index (Phi) is 5.70. The van der Waals surface area contributed by atoms with Crippen LogP contribution in [-0.2, 0) is 11.3 Å². The molecule has 2 aromatic carbocycles. The summed E-state index contributed by atoms with van der Waals surface area (Å²) < 4.78 is 0. The number of rotatable bonds is 4. The van der Waals surface area contributed by atoms with E-state index in [1.165, 1.54) is 0 Å². The van der Waals surface area contributed by atoms with Gasteiger partial charge in [-0.05, 0) is 41.7 Å². The smallest absolute Gasteiger partial charge is 0.163 e. The van der Waals surface area contributed by atoms with E-state index in [1.807, 2.05) is 48.5 Å². The van der Waals surface area contributed by atoms with Crippen LogP contribution in [0.4, 0.5) is 17.2 Å². The summed E-state index contributed by atoms with van der Waals surface area (Å²) in [5.74, 6) is 0.844. The Morgan fingerprint density at radius 1 is 1.09 bits per heavy atom. The molecule has 6 nitrogen and oxygen atoms in total. The number of nitrogens with zero attached hydrogens (tertiary/aromatic N) is 1. The molecule has 1 atom stereocenters. The van der Waals surface area contributed by atoms with Crippen LogP contribution < -0.4 is 16.0 Å². The quantitative estimate of drug-likeness (QED) is 0.263. The summed E-state index contributed by atoms with van der Waals surface area (Å²) in [6, 6.07) is 18.6. The normalized spacial score (nSPS) is 18.8. The molecular formula is C27H27ClN4O2. The fraction of sp³-hybridized carbons (Fsp3) is 0.259. The van der Waals surface area contributed by atoms with Gasteiger partial charge in [0.25, 0.3) is 0 Å². The number of aromatic nitrogens is 1. The predicted molar refractivity (Wildman–Crippen MR) is 136 cm³/mol. The average Bonchev–Trinajstić information content (AvgIpc) is 2.95. The molecule has 34 heavy (non-hydrogen) atoms. The molecule has 2 heterocycles. The molecule has 0 amide bonds. The molecule has 7 heteroatoms. The molecule has 0 saturated carbocycles. The number of allylic oxidation sites excluding steroid dienone is 1. The Bertz CT molecular complexity index is 1290. The van der Waals surface area contributed by atoms with E-state index in [4.69, 9.17) is 11.6 Å². The van der Waals surface area contributed by atoms with Gasteiger partial charge in [0.15, 0.2) is 5.78 Å². The highest BCUT2D eigenvalue weighted by atomic mass is 35.5. The molecule has 1 aliphatic heterocycles. The highest BCUT2D eigenvalue weighted by molar-refractivity contribution is 6.30. The Labute approximate surface area is 204 Å². The first-order valence-corrected chi connectivity index (χ1v) is 11.7. The minimum Gasteiger partial charge on any atom is -0.506 e. The third-order valence-electron chi connectivity index (χ3n) is 6.33. The van der Waals surface area contributed by atoms with Crippen molar-refractivity contribution >= 4 is 34.6 Å². The summed E-state index contributed by atoms with van der Waals surface area (Å²) >= 11 is 6.70. The molecule has 0 spiro atoms. The van der Waals surface area contributed by atoms with Crippen LogP contribution in [0.2, 0.25) is 5.15 Å². The van der Waals surface area contributed by atoms with E-state index >= 15 is 0 Å². The number of ketones is 1. The third kappa shape index (κ3) is 4.33. The van der Waals surface area contributed by atoms with Gasteiger partial charge in [0.1, 0.15) is 22.4 Å². The number of nitrogens with one attached hydrogen (secondary N) is 3. The molecule has 0 radical (unpaired) electrons. The highest BCUT2D eigenvalue weighted by Crippen LogP contribution is 2.48. The number of halogens is 1. The molecule has 5 rings (SSSR count). The van der Waals surface area contributed by atoms with Crippen molar-refractivity contribution in [3.8, 4) is 5.75 Å². The predicted octanol–water partition coefficient (Wildman–Crippen LogP) is 6.27. The van der Waals surface area contributed by atoms with Gasteiger partial charge in [0, 0.05) is 29.8 Å². The number of hydrogen-bond donors (Lipinski definition) is 4. The van der Waals surface area contributed by atoms with E-state index in [0.29, 0.717) is 52.9 Å². The summed E-state index contributed by atoms with van der Waals surface area (Å²) in [4.78, 5) is 17.9. The van der Waals surface area contributed by atoms with Crippen molar-refractivity contribution in [1.82, 2.24) is 4.98 Å². The van der Waals surface area contributed by atoms with Crippen LogP contribution in [0.25, 0.3) is 0 Å². The Morgan fingerprint density at radius 2 is 1.88 bits per heavy atom. The van der Waals surface area contributed by atoms with Crippen LogP contribution in [-0.4, -0.2) is 15.9 Å². The van der Waals surface area contributed by atoms with E-state index in [1.54, 1.807) is 12.1 Å². The number of anilines is 3. The molecule has 174 valence electrons. The van der Waals surface area contributed by atoms with Crippen LogP contribution in [0.3, 0.4) is 0 Å². The first-order valence-electron chi connectivity index (χ1n) is 11.4. The van der Waals surface area contributed by atoms with E-state index in [0.717, 1.165) is 11.3 Å². The number of carbonyl (C=O) groups is 1. The first kappa shape index (κ1) is 22.3. The van der Waals surface area contributed by atoms with Gasteiger partial charge in [-0.3, -0.25) is 4.79 Å². The number of Topliss-reactive ketones (excluding diaryl/α,β-unsaturated/α-hetero) is 1. The van der Waals surface area contributed by atoms with Crippen LogP contribution in [0.1, 0.15) is 43.9 Å². The van der Waals surface area contributed by atoms with Gasteiger partial charge in [-0.25, -0.2) is 4.98 Å². The maximum absolute atomic E-state index is 13.4. The van der Waals surface area contributed by atoms with Gasteiger partial charge >= 0.3 is 0 Å². The lowest BCUT2D eigenvalue weighted by atomic mass is 9.73. The molecule has 3 aromatic rings. The SMILES string of the molecule is CC1(C)CC(=O)C2=C(C1)Nc1c(O)cccc1NC2c1ccc(NCc2ccccc2)nc1Cl. The summed E-state index contributed by atoms with van der Waals surface area (Å²) in [5, 5.41) is 20.9. The number of phenols is 1. The van der Waals surface area contributed by atoms with Crippen LogP contribution in [0, 0.1) is 5.41 Å². The molecule has 2 aliphatic rings. The topological polar surface area (TPSA) is 86.3 Å². The van der Waals surface area contributed by atoms with Crippen LogP contribution >= 0.6 is 11.6 Å². The first-order chi connectivity index (χ1) is 16.3. The van der Waals surface area contributed by atoms with E-state index in [2.05, 4.69) is 34.8 Å². The molecule has 0 bridgehead atoms. The second-order valence-corrected chi connectivity index (χ2v) is 10.0. The third-order valence-corrected chi connectivity index (χ3v) is 6.63. The minimum atomic E-state index is -0.489. The fourth-order valence-electron chi connectivity index (χ4n) is 4.73. The van der Waals surface area contributed by atoms with Crippen molar-refractivity contribution in [1.29, 1.82) is 0 Å². The number of pyridine rings is 1. The number of hydrogen-bond acceptors (Lipinski definition) is 6. The highest BCUT2D eigenvalue weighted by Gasteiger charge is 2.39. The average molecular weight is 475 g/mol. The number of benzene rings is 2. The summed E-state index contributed by atoms with van der Waals surface area (Å²) in [6.07, 6.45) is 1.12. The zero-order valence-electron chi connectivity index (χ0n) is 19.2. The van der Waals surface area contributed by atoms with Gasteiger partial charge < -0.3 is 21.1 Å². The lowest BCUT2D eigenvalue weighted by Crippen LogP contribution is -2.31. The van der Waals surface area contributed by atoms with Gasteiger partial charge in [0.2, 0.25) is 0 Å². The Balaban J connectivity index is 1.52. The molecule has 0 fully saturated rings. The Hall–Kier alpha value is -3.51. The minimum absolute atomic E-state index is 0.0610. The van der Waals surface area contributed by atoms with Gasteiger partial charge in [-0.15, -0.1) is 0 Å². The zero-order valence-corrected chi connectivity index (χ0v) is 19.9. The number of fused-ring (bicyclic) bond motifs is 1. The number of phenolic OH excluding ortho intramolecular Hbond substituents is 1. The lowest BCUT2D eigenvalue weighted by molar-refractivity contribution is -0.118. The lowest BCUT2D eigenvalue weighted by Gasteiger charge is -2.34. The van der Waals surface area contributed by atoms with Gasteiger partial charge in [-0.1, -0.05) is 61.8 Å². The molecule has 1 aromatic heterocycles. The molecule has 1 unspecified atom stereocenters. The molecule has 0 saturated heterocycles. The van der Waals surface area contributed by atoms with Crippen molar-refractivity contribution in [2.75, 3.05) is 16.0 Å². The fourth-order valence-corrected chi connectivity index (χ4v) is 5.00. The molecule has 4 N–H and O–H groups in total. The standard InChI is InChI=1S/C27H27ClN4O2/c1-27(2)13-19-23(21(34)14-27)24(30-18-9-6-10-20(33)25(18)31-19)17-11-12-22(32-26(17)28)29-15-16-7-4-3-5-8-16/h3-12,24,30-31,33H,13-15H2,1-2H3,(H,29,32). The number of aromatic hydroxyl groups is 1. The van der Waals surface area contributed by atoms with E-state index in [-0.39, 0.29) is 16.9 Å². The van der Waals surface area contributed by atoms with Crippen molar-refractivity contribution in [3.63, 3.8) is 0 Å². The van der Waals surface area contributed by atoms with Gasteiger partial charge in [0.05, 0.1) is 11.7 Å². The summed E-state index contributed by atoms with van der Waals surface area (Å²) in [5.41, 5.74) is 4.38. The summed E-state index contributed by atoms with van der Waals surface area (Å²) in [7, 11) is 0. The van der Waals surface area contributed by atoms with E-state index < -0.39 is 6.04 Å².